The van der Waals surface area contributed by atoms with Crippen molar-refractivity contribution in [3.8, 4) is 5.75 Å². The molecule has 19 heavy (non-hydrogen) atoms. The summed E-state index contributed by atoms with van der Waals surface area (Å²) < 4.78 is 24.0. The van der Waals surface area contributed by atoms with Crippen LogP contribution in [0.4, 0.5) is 4.39 Å². The van der Waals surface area contributed by atoms with Crippen LogP contribution < -0.4 is 4.74 Å². The molecule has 0 bridgehead atoms. The summed E-state index contributed by atoms with van der Waals surface area (Å²) in [4.78, 5) is 11.5. The summed E-state index contributed by atoms with van der Waals surface area (Å²) in [6.07, 6.45) is 3.39. The van der Waals surface area contributed by atoms with Gasteiger partial charge in [0.2, 0.25) is 0 Å². The Hall–Kier alpha value is -1.58. The summed E-state index contributed by atoms with van der Waals surface area (Å²) in [5, 5.41) is 0. The highest BCUT2D eigenvalue weighted by Gasteiger charge is 2.29. The maximum atomic E-state index is 14.3. The number of halogens is 1. The van der Waals surface area contributed by atoms with E-state index in [0.717, 1.165) is 6.42 Å². The van der Waals surface area contributed by atoms with Crippen molar-refractivity contribution in [2.45, 2.75) is 31.6 Å². The lowest BCUT2D eigenvalue weighted by Gasteiger charge is -2.17. The van der Waals surface area contributed by atoms with E-state index >= 15 is 0 Å². The highest BCUT2D eigenvalue weighted by atomic mass is 19.1. The third-order valence-corrected chi connectivity index (χ3v) is 3.61. The van der Waals surface area contributed by atoms with Gasteiger partial charge in [0.15, 0.2) is 11.6 Å². The Balaban J connectivity index is 2.22. The highest BCUT2D eigenvalue weighted by molar-refractivity contribution is 5.70. The van der Waals surface area contributed by atoms with Crippen LogP contribution in [0, 0.1) is 11.7 Å². The van der Waals surface area contributed by atoms with Crippen molar-refractivity contribution in [2.24, 2.45) is 5.92 Å². The molecule has 1 aliphatic rings. The first-order valence-electron chi connectivity index (χ1n) is 6.55. The van der Waals surface area contributed by atoms with Crippen LogP contribution in [0.5, 0.6) is 5.75 Å². The van der Waals surface area contributed by atoms with Crippen LogP contribution >= 0.6 is 0 Å². The van der Waals surface area contributed by atoms with Crippen LogP contribution in [0.1, 0.15) is 37.2 Å². The molecule has 1 atom stereocenters. The second-order valence-corrected chi connectivity index (χ2v) is 5.02. The van der Waals surface area contributed by atoms with Crippen molar-refractivity contribution in [3.05, 3.63) is 29.6 Å². The SMILES string of the molecule is COC(=O)C[C@@H](CC1CC1)c1cccc(OC)c1F. The zero-order valence-corrected chi connectivity index (χ0v) is 11.3. The number of carbonyl (C=O) groups is 1. The Morgan fingerprint density at radius 2 is 2.16 bits per heavy atom. The lowest BCUT2D eigenvalue weighted by atomic mass is 9.90. The molecule has 1 aromatic carbocycles. The van der Waals surface area contributed by atoms with Crippen LogP contribution in [0.25, 0.3) is 0 Å². The largest absolute Gasteiger partial charge is 0.494 e. The molecule has 1 fully saturated rings. The maximum Gasteiger partial charge on any atom is 0.306 e. The van der Waals surface area contributed by atoms with Crippen LogP contribution in [0.15, 0.2) is 18.2 Å². The summed E-state index contributed by atoms with van der Waals surface area (Å²) in [5.41, 5.74) is 0.552. The minimum absolute atomic E-state index is 0.130. The van der Waals surface area contributed by atoms with Gasteiger partial charge in [-0.15, -0.1) is 0 Å². The molecule has 4 heteroatoms. The van der Waals surface area contributed by atoms with Gasteiger partial charge in [-0.3, -0.25) is 4.79 Å². The molecule has 0 saturated heterocycles. The molecule has 1 aliphatic carbocycles. The van der Waals surface area contributed by atoms with Crippen LogP contribution in [-0.2, 0) is 9.53 Å². The molecule has 104 valence electrons. The van der Waals surface area contributed by atoms with E-state index in [1.165, 1.54) is 27.1 Å². The second kappa shape index (κ2) is 6.04. The van der Waals surface area contributed by atoms with Crippen LogP contribution in [0.2, 0.25) is 0 Å². The summed E-state index contributed by atoms with van der Waals surface area (Å²) in [7, 11) is 2.80. The van der Waals surface area contributed by atoms with Gasteiger partial charge in [0.1, 0.15) is 0 Å². The number of hydrogen-bond acceptors (Lipinski definition) is 3. The number of rotatable bonds is 6. The predicted molar refractivity (Wildman–Crippen MR) is 69.7 cm³/mol. The van der Waals surface area contributed by atoms with Crippen molar-refractivity contribution in [3.63, 3.8) is 0 Å². The first kappa shape index (κ1) is 13.8. The van der Waals surface area contributed by atoms with E-state index in [-0.39, 0.29) is 29.9 Å². The van der Waals surface area contributed by atoms with E-state index in [1.54, 1.807) is 18.2 Å². The average Bonchev–Trinajstić information content (AvgIpc) is 3.22. The fourth-order valence-corrected chi connectivity index (χ4v) is 2.36. The molecule has 0 spiro atoms. The van der Waals surface area contributed by atoms with Crippen molar-refractivity contribution < 1.29 is 18.7 Å². The molecular weight excluding hydrogens is 247 g/mol. The quantitative estimate of drug-likeness (QED) is 0.741. The van der Waals surface area contributed by atoms with E-state index < -0.39 is 0 Å². The van der Waals surface area contributed by atoms with Gasteiger partial charge >= 0.3 is 5.97 Å². The molecule has 0 aliphatic heterocycles. The molecule has 0 unspecified atom stereocenters. The third kappa shape index (κ3) is 3.46. The Kier molecular flexibility index (Phi) is 4.40. The van der Waals surface area contributed by atoms with Crippen molar-refractivity contribution in [2.75, 3.05) is 14.2 Å². The van der Waals surface area contributed by atoms with Gasteiger partial charge in [0.25, 0.3) is 0 Å². The lowest BCUT2D eigenvalue weighted by Crippen LogP contribution is -2.11. The summed E-state index contributed by atoms with van der Waals surface area (Å²) in [5.74, 6) is 0.0471. The minimum Gasteiger partial charge on any atom is -0.494 e. The molecule has 3 nitrogen and oxygen atoms in total. The van der Waals surface area contributed by atoms with Crippen LogP contribution in [-0.4, -0.2) is 20.2 Å². The molecule has 0 amide bonds. The van der Waals surface area contributed by atoms with E-state index in [9.17, 15) is 9.18 Å². The third-order valence-electron chi connectivity index (χ3n) is 3.61. The monoisotopic (exact) mass is 266 g/mol. The number of hydrogen-bond donors (Lipinski definition) is 0. The van der Waals surface area contributed by atoms with Gasteiger partial charge < -0.3 is 9.47 Å². The first-order valence-corrected chi connectivity index (χ1v) is 6.55. The van der Waals surface area contributed by atoms with Crippen molar-refractivity contribution in [1.82, 2.24) is 0 Å². The van der Waals surface area contributed by atoms with Crippen LogP contribution in [0.3, 0.4) is 0 Å². The highest BCUT2D eigenvalue weighted by Crippen LogP contribution is 2.41. The molecule has 1 aromatic rings. The summed E-state index contributed by atoms with van der Waals surface area (Å²) in [6.45, 7) is 0. The average molecular weight is 266 g/mol. The van der Waals surface area contributed by atoms with Gasteiger partial charge in [-0.05, 0) is 29.9 Å². The van der Waals surface area contributed by atoms with Crippen molar-refractivity contribution >= 4 is 5.97 Å². The van der Waals surface area contributed by atoms with Gasteiger partial charge in [-0.25, -0.2) is 4.39 Å². The fraction of sp³-hybridized carbons (Fsp3) is 0.533. The number of methoxy groups -OCH3 is 2. The second-order valence-electron chi connectivity index (χ2n) is 5.02. The number of esters is 1. The van der Waals surface area contributed by atoms with E-state index in [4.69, 9.17) is 9.47 Å². The standard InChI is InChI=1S/C15H19FO3/c1-18-13-5-3-4-12(15(13)16)11(8-10-6-7-10)9-14(17)19-2/h3-5,10-11H,6-9H2,1-2H3/t11-/m1/s1. The predicted octanol–water partition coefficient (Wildman–Crippen LogP) is 3.28. The van der Waals surface area contributed by atoms with Crippen molar-refractivity contribution in [1.29, 1.82) is 0 Å². The summed E-state index contributed by atoms with van der Waals surface area (Å²) >= 11 is 0. The Morgan fingerprint density at radius 3 is 2.74 bits per heavy atom. The smallest absolute Gasteiger partial charge is 0.306 e. The Labute approximate surface area is 112 Å². The Bertz CT molecular complexity index is 455. The normalized spacial score (nSPS) is 15.9. The zero-order chi connectivity index (χ0) is 13.8. The molecule has 1 saturated carbocycles. The van der Waals surface area contributed by atoms with E-state index in [0.29, 0.717) is 11.5 Å². The number of carbonyl (C=O) groups excluding carboxylic acids is 1. The fourth-order valence-electron chi connectivity index (χ4n) is 2.36. The molecule has 0 heterocycles. The topological polar surface area (TPSA) is 35.5 Å². The van der Waals surface area contributed by atoms with Gasteiger partial charge in [0.05, 0.1) is 20.6 Å². The van der Waals surface area contributed by atoms with E-state index in [2.05, 4.69) is 0 Å². The molecule has 2 rings (SSSR count). The molecular formula is C15H19FO3. The molecule has 0 N–H and O–H groups in total. The first-order chi connectivity index (χ1) is 9.15. The number of ether oxygens (including phenoxy) is 2. The summed E-state index contributed by atoms with van der Waals surface area (Å²) in [6, 6.07) is 5.08. The number of benzene rings is 1. The van der Waals surface area contributed by atoms with E-state index in [1.807, 2.05) is 0 Å². The van der Waals surface area contributed by atoms with Gasteiger partial charge in [-0.2, -0.15) is 0 Å². The van der Waals surface area contributed by atoms with Gasteiger partial charge in [-0.1, -0.05) is 25.0 Å². The molecule has 0 radical (unpaired) electrons. The lowest BCUT2D eigenvalue weighted by molar-refractivity contribution is -0.141. The van der Waals surface area contributed by atoms with Gasteiger partial charge in [0, 0.05) is 0 Å². The maximum absolute atomic E-state index is 14.3. The Morgan fingerprint density at radius 1 is 1.42 bits per heavy atom. The minimum atomic E-state index is -0.362. The molecule has 0 aromatic heterocycles. The zero-order valence-electron chi connectivity index (χ0n) is 11.3.